The fraction of sp³-hybridized carbons (Fsp3) is 1.00. The third kappa shape index (κ3) is 1.27. The van der Waals surface area contributed by atoms with E-state index in [1.165, 1.54) is 32.1 Å². The second kappa shape index (κ2) is 3.16. The number of rotatable bonds is 1. The Kier molecular flexibility index (Phi) is 1.97. The molecule has 1 N–H and O–H groups in total. The fourth-order valence-electron chi connectivity index (χ4n) is 4.99. The van der Waals surface area contributed by atoms with Gasteiger partial charge in [0.15, 0.2) is 0 Å². The molecule has 0 aromatic rings. The van der Waals surface area contributed by atoms with E-state index in [4.69, 9.17) is 0 Å². The summed E-state index contributed by atoms with van der Waals surface area (Å²) >= 11 is 2.27. The second-order valence-electron chi connectivity index (χ2n) is 6.24. The molecular formula is C13H20OS. The first kappa shape index (κ1) is 9.35. The Bertz CT molecular complexity index is 280. The molecule has 4 rings (SSSR count). The molecule has 2 aliphatic heterocycles. The minimum atomic E-state index is 0.0675. The predicted octanol–water partition coefficient (Wildman–Crippen LogP) is 2.68. The highest BCUT2D eigenvalue weighted by molar-refractivity contribution is 8.01. The molecule has 2 heterocycles. The molecule has 7 unspecified atom stereocenters. The van der Waals surface area contributed by atoms with Crippen molar-refractivity contribution in [2.45, 2.75) is 55.1 Å². The lowest BCUT2D eigenvalue weighted by molar-refractivity contribution is 0.0542. The quantitative estimate of drug-likeness (QED) is 0.739. The van der Waals surface area contributed by atoms with Crippen LogP contribution in [0.5, 0.6) is 0 Å². The van der Waals surface area contributed by atoms with Crippen molar-refractivity contribution in [3.8, 4) is 0 Å². The van der Waals surface area contributed by atoms with Gasteiger partial charge in [-0.25, -0.2) is 0 Å². The van der Waals surface area contributed by atoms with Crippen LogP contribution >= 0.6 is 11.8 Å². The summed E-state index contributed by atoms with van der Waals surface area (Å²) in [5.41, 5.74) is 0. The largest absolute Gasteiger partial charge is 0.393 e. The van der Waals surface area contributed by atoms with Crippen molar-refractivity contribution in [2.75, 3.05) is 0 Å². The van der Waals surface area contributed by atoms with Gasteiger partial charge in [0.2, 0.25) is 0 Å². The maximum Gasteiger partial charge on any atom is 0.0573 e. The van der Waals surface area contributed by atoms with Crippen molar-refractivity contribution in [1.82, 2.24) is 0 Å². The molecule has 4 fully saturated rings. The zero-order chi connectivity index (χ0) is 9.99. The summed E-state index contributed by atoms with van der Waals surface area (Å²) in [6.07, 6.45) is 8.43. The number of fused-ring (bicyclic) bond motifs is 4. The summed E-state index contributed by atoms with van der Waals surface area (Å²) in [5.74, 6) is 3.47. The molecule has 2 saturated carbocycles. The van der Waals surface area contributed by atoms with Crippen LogP contribution < -0.4 is 0 Å². The average Bonchev–Trinajstić information content (AvgIpc) is 2.94. The fourth-order valence-corrected chi connectivity index (χ4v) is 6.87. The molecule has 0 amide bonds. The van der Waals surface area contributed by atoms with E-state index in [1.54, 1.807) is 0 Å². The van der Waals surface area contributed by atoms with E-state index in [9.17, 15) is 5.11 Å². The van der Waals surface area contributed by atoms with E-state index in [0.29, 0.717) is 5.92 Å². The van der Waals surface area contributed by atoms with Gasteiger partial charge in [-0.05, 0) is 62.2 Å². The maximum atomic E-state index is 10.0. The Balaban J connectivity index is 1.55. The molecule has 1 nitrogen and oxygen atoms in total. The van der Waals surface area contributed by atoms with Crippen molar-refractivity contribution in [1.29, 1.82) is 0 Å². The van der Waals surface area contributed by atoms with Gasteiger partial charge in [-0.3, -0.25) is 0 Å². The van der Waals surface area contributed by atoms with Gasteiger partial charge in [-0.2, -0.15) is 11.8 Å². The molecule has 0 aromatic carbocycles. The molecule has 4 aliphatic rings. The number of thioether (sulfide) groups is 1. The zero-order valence-corrected chi connectivity index (χ0v) is 9.96. The SMILES string of the molecule is OC1CC2CC1C(C1CC3CCC1S3)C2. The van der Waals surface area contributed by atoms with Gasteiger partial charge >= 0.3 is 0 Å². The van der Waals surface area contributed by atoms with Crippen molar-refractivity contribution in [3.63, 3.8) is 0 Å². The van der Waals surface area contributed by atoms with Crippen LogP contribution in [0.1, 0.15) is 38.5 Å². The molecular weight excluding hydrogens is 204 g/mol. The normalized spacial score (nSPS) is 61.8. The number of hydrogen-bond donors (Lipinski definition) is 1. The van der Waals surface area contributed by atoms with Crippen molar-refractivity contribution in [3.05, 3.63) is 0 Å². The molecule has 2 heteroatoms. The van der Waals surface area contributed by atoms with E-state index in [0.717, 1.165) is 34.7 Å². The standard InChI is InChI=1S/C13H20OS/c14-12-5-7-3-9(10(12)4-7)11-6-8-1-2-13(11)15-8/h7-14H,1-6H2. The van der Waals surface area contributed by atoms with Gasteiger partial charge in [-0.15, -0.1) is 0 Å². The van der Waals surface area contributed by atoms with Crippen LogP contribution in [0.3, 0.4) is 0 Å². The van der Waals surface area contributed by atoms with E-state index in [2.05, 4.69) is 11.8 Å². The van der Waals surface area contributed by atoms with Crippen molar-refractivity contribution >= 4 is 11.8 Å². The highest BCUT2D eigenvalue weighted by Gasteiger charge is 2.53. The van der Waals surface area contributed by atoms with Gasteiger partial charge < -0.3 is 5.11 Å². The molecule has 0 radical (unpaired) electrons. The van der Waals surface area contributed by atoms with Crippen LogP contribution in [0.2, 0.25) is 0 Å². The van der Waals surface area contributed by atoms with E-state index >= 15 is 0 Å². The molecule has 84 valence electrons. The second-order valence-corrected chi connectivity index (χ2v) is 7.79. The third-order valence-corrected chi connectivity index (χ3v) is 7.28. The van der Waals surface area contributed by atoms with Crippen LogP contribution in [0.4, 0.5) is 0 Å². The van der Waals surface area contributed by atoms with Gasteiger partial charge in [0.05, 0.1) is 6.10 Å². The van der Waals surface area contributed by atoms with E-state index in [-0.39, 0.29) is 6.10 Å². The summed E-state index contributed by atoms with van der Waals surface area (Å²) in [6, 6.07) is 0. The Labute approximate surface area is 96.0 Å². The minimum Gasteiger partial charge on any atom is -0.393 e. The Morgan fingerprint density at radius 2 is 1.73 bits per heavy atom. The first-order chi connectivity index (χ1) is 7.31. The lowest BCUT2D eigenvalue weighted by Gasteiger charge is -2.34. The first-order valence-electron chi connectivity index (χ1n) is 6.65. The molecule has 4 bridgehead atoms. The lowest BCUT2D eigenvalue weighted by Crippen LogP contribution is -2.33. The number of aliphatic hydroxyl groups excluding tert-OH is 1. The van der Waals surface area contributed by atoms with Crippen molar-refractivity contribution in [2.24, 2.45) is 23.7 Å². The van der Waals surface area contributed by atoms with E-state index in [1.807, 2.05) is 0 Å². The van der Waals surface area contributed by atoms with E-state index < -0.39 is 0 Å². The van der Waals surface area contributed by atoms with Crippen LogP contribution in [-0.4, -0.2) is 21.7 Å². The summed E-state index contributed by atoms with van der Waals surface area (Å²) in [6.45, 7) is 0. The first-order valence-corrected chi connectivity index (χ1v) is 7.59. The molecule has 0 aromatic heterocycles. The number of hydrogen-bond acceptors (Lipinski definition) is 2. The topological polar surface area (TPSA) is 20.2 Å². The summed E-state index contributed by atoms with van der Waals surface area (Å²) in [7, 11) is 0. The molecule has 2 aliphatic carbocycles. The molecule has 15 heavy (non-hydrogen) atoms. The zero-order valence-electron chi connectivity index (χ0n) is 9.14. The molecule has 7 atom stereocenters. The van der Waals surface area contributed by atoms with Crippen LogP contribution in [-0.2, 0) is 0 Å². The highest BCUT2D eigenvalue weighted by atomic mass is 32.2. The third-order valence-electron chi connectivity index (χ3n) is 5.53. The maximum absolute atomic E-state index is 10.0. The van der Waals surface area contributed by atoms with Crippen LogP contribution in [0.25, 0.3) is 0 Å². The lowest BCUT2D eigenvalue weighted by atomic mass is 9.72. The summed E-state index contributed by atoms with van der Waals surface area (Å²) < 4.78 is 0. The van der Waals surface area contributed by atoms with Crippen LogP contribution in [0.15, 0.2) is 0 Å². The van der Waals surface area contributed by atoms with Crippen molar-refractivity contribution < 1.29 is 5.11 Å². The Morgan fingerprint density at radius 1 is 0.867 bits per heavy atom. The summed E-state index contributed by atoms with van der Waals surface area (Å²) in [5, 5.41) is 12.0. The van der Waals surface area contributed by atoms with Crippen LogP contribution in [0, 0.1) is 23.7 Å². The molecule has 0 spiro atoms. The van der Waals surface area contributed by atoms with Gasteiger partial charge in [0, 0.05) is 10.5 Å². The Morgan fingerprint density at radius 3 is 2.33 bits per heavy atom. The predicted molar refractivity (Wildman–Crippen MR) is 62.8 cm³/mol. The number of aliphatic hydroxyl groups is 1. The molecule has 2 saturated heterocycles. The monoisotopic (exact) mass is 224 g/mol. The Hall–Kier alpha value is 0.310. The summed E-state index contributed by atoms with van der Waals surface area (Å²) in [4.78, 5) is 0. The van der Waals surface area contributed by atoms with Gasteiger partial charge in [0.25, 0.3) is 0 Å². The van der Waals surface area contributed by atoms with Gasteiger partial charge in [0.1, 0.15) is 0 Å². The van der Waals surface area contributed by atoms with Gasteiger partial charge in [-0.1, -0.05) is 0 Å². The average molecular weight is 224 g/mol. The smallest absolute Gasteiger partial charge is 0.0573 e. The minimum absolute atomic E-state index is 0.0675. The highest BCUT2D eigenvalue weighted by Crippen LogP contribution is 2.59.